The van der Waals surface area contributed by atoms with Crippen LogP contribution in [-0.4, -0.2) is 96.7 Å². The van der Waals surface area contributed by atoms with E-state index in [9.17, 15) is 43.2 Å². The van der Waals surface area contributed by atoms with Crippen LogP contribution in [-0.2, 0) is 65.4 Å². The third kappa shape index (κ3) is 79.9. The van der Waals surface area contributed by atoms with Crippen molar-refractivity contribution in [1.82, 2.24) is 0 Å². The molecule has 0 aromatic carbocycles. The van der Waals surface area contributed by atoms with Crippen molar-refractivity contribution >= 4 is 39.5 Å². The molecule has 0 aromatic rings. The van der Waals surface area contributed by atoms with Crippen molar-refractivity contribution in [2.75, 3.05) is 39.6 Å². The van der Waals surface area contributed by atoms with Gasteiger partial charge in [0.05, 0.1) is 26.4 Å². The van der Waals surface area contributed by atoms with Crippen LogP contribution in [0.15, 0.2) is 0 Å². The first-order valence-electron chi connectivity index (χ1n) is 44.3. The Morgan fingerprint density at radius 1 is 0.257 bits per heavy atom. The maximum absolute atomic E-state index is 13.1. The molecule has 19 heteroatoms. The summed E-state index contributed by atoms with van der Waals surface area (Å²) in [5, 5.41) is 10.7. The second-order valence-electron chi connectivity index (χ2n) is 32.4. The number of phosphoric ester groups is 2. The molecule has 624 valence electrons. The number of aliphatic hydroxyl groups excluding tert-OH is 1. The summed E-state index contributed by atoms with van der Waals surface area (Å²) in [6.45, 7) is 12.0. The molecule has 0 saturated carbocycles. The lowest BCUT2D eigenvalue weighted by molar-refractivity contribution is -0.161. The zero-order valence-corrected chi connectivity index (χ0v) is 71.0. The standard InChI is InChI=1S/C86H168O17P2/c1-8-9-10-11-43-53-60-67-83(88)96-73-81(102-85(90)69-63-56-49-42-36-30-24-18-21-27-33-39-46-52-59-66-79(6)7)75-100-104(92,93)98-71-80(87)72-99-105(94,95)101-76-82(74-97-84(89)68-61-54-47-40-34-28-22-17-16-20-26-32-38-45-51-58-65-78(4)5)103-86(91)70-62-55-48-41-35-29-23-15-13-12-14-19-25-31-37-44-50-57-64-77(2)3/h77-82,87H,8-76H2,1-7H3,(H,92,93)(H,94,95)/t80-,81+,82+/m0/s1. The molecule has 0 amide bonds. The number of carbonyl (C=O) groups is 4. The third-order valence-electron chi connectivity index (χ3n) is 20.1. The summed E-state index contributed by atoms with van der Waals surface area (Å²) in [5.74, 6) is 0.327. The molecule has 0 aliphatic rings. The van der Waals surface area contributed by atoms with Crippen molar-refractivity contribution in [3.05, 3.63) is 0 Å². The number of rotatable bonds is 84. The molecule has 0 radical (unpaired) electrons. The van der Waals surface area contributed by atoms with Crippen LogP contribution in [0.5, 0.6) is 0 Å². The molecule has 2 unspecified atom stereocenters. The van der Waals surface area contributed by atoms with Crippen LogP contribution in [0.4, 0.5) is 0 Å². The minimum absolute atomic E-state index is 0.107. The Labute approximate surface area is 645 Å². The van der Waals surface area contributed by atoms with Gasteiger partial charge in [0.15, 0.2) is 12.2 Å². The average Bonchev–Trinajstić information content (AvgIpc) is 0.913. The van der Waals surface area contributed by atoms with Gasteiger partial charge in [0.25, 0.3) is 0 Å². The number of hydrogen-bond acceptors (Lipinski definition) is 15. The predicted octanol–water partition coefficient (Wildman–Crippen LogP) is 26.1. The zero-order valence-electron chi connectivity index (χ0n) is 69.2. The van der Waals surface area contributed by atoms with E-state index in [1.165, 1.54) is 250 Å². The Kier molecular flexibility index (Phi) is 74.7. The van der Waals surface area contributed by atoms with Gasteiger partial charge in [-0.2, -0.15) is 0 Å². The Morgan fingerprint density at radius 2 is 0.438 bits per heavy atom. The Morgan fingerprint density at radius 3 is 0.648 bits per heavy atom. The Bertz CT molecular complexity index is 2030. The van der Waals surface area contributed by atoms with Gasteiger partial charge >= 0.3 is 39.5 Å². The van der Waals surface area contributed by atoms with E-state index < -0.39 is 97.5 Å². The highest BCUT2D eigenvalue weighted by Crippen LogP contribution is 2.45. The number of ether oxygens (including phenoxy) is 4. The molecule has 0 heterocycles. The van der Waals surface area contributed by atoms with E-state index in [0.717, 1.165) is 120 Å². The van der Waals surface area contributed by atoms with Crippen molar-refractivity contribution in [2.45, 2.75) is 471 Å². The van der Waals surface area contributed by atoms with Gasteiger partial charge in [0.2, 0.25) is 0 Å². The molecule has 0 spiro atoms. The molecular formula is C86H168O17P2. The number of unbranched alkanes of at least 4 members (excludes halogenated alkanes) is 52. The van der Waals surface area contributed by atoms with Crippen LogP contribution < -0.4 is 0 Å². The second-order valence-corrected chi connectivity index (χ2v) is 35.3. The van der Waals surface area contributed by atoms with Crippen molar-refractivity contribution in [3.63, 3.8) is 0 Å². The molecular weight excluding hydrogens is 1370 g/mol. The smallest absolute Gasteiger partial charge is 0.462 e. The minimum atomic E-state index is -4.96. The number of esters is 4. The topological polar surface area (TPSA) is 237 Å². The first-order chi connectivity index (χ1) is 50.7. The van der Waals surface area contributed by atoms with E-state index >= 15 is 0 Å². The molecule has 0 saturated heterocycles. The van der Waals surface area contributed by atoms with Gasteiger partial charge < -0.3 is 33.8 Å². The highest BCUT2D eigenvalue weighted by Gasteiger charge is 2.30. The lowest BCUT2D eigenvalue weighted by Gasteiger charge is -2.21. The third-order valence-corrected chi connectivity index (χ3v) is 22.0. The lowest BCUT2D eigenvalue weighted by atomic mass is 10.0. The van der Waals surface area contributed by atoms with Gasteiger partial charge in [0.1, 0.15) is 19.3 Å². The highest BCUT2D eigenvalue weighted by atomic mass is 31.2. The minimum Gasteiger partial charge on any atom is -0.462 e. The van der Waals surface area contributed by atoms with Crippen molar-refractivity contribution in [1.29, 1.82) is 0 Å². The maximum atomic E-state index is 13.1. The van der Waals surface area contributed by atoms with Crippen LogP contribution in [0, 0.1) is 17.8 Å². The van der Waals surface area contributed by atoms with E-state index in [1.807, 2.05) is 0 Å². The average molecular weight is 1540 g/mol. The summed E-state index contributed by atoms with van der Waals surface area (Å²) in [5.41, 5.74) is 0. The molecule has 0 bridgehead atoms. The SMILES string of the molecule is CCCCCCCCCC(=O)OC[C@H](COP(=O)(O)OC[C@H](O)COP(=O)(O)OC[C@@H](COC(=O)CCCCCCCCCCCCCCCCCCC(C)C)OC(=O)CCCCCCCCCCCCCCCCCCCCC(C)C)OC(=O)CCCCCCCCCCCCCCCCCC(C)C. The Balaban J connectivity index is 5.16. The summed E-state index contributed by atoms with van der Waals surface area (Å²) in [4.78, 5) is 73.1. The normalized spacial score (nSPS) is 13.9. The van der Waals surface area contributed by atoms with Crippen LogP contribution >= 0.6 is 15.6 Å². The predicted molar refractivity (Wildman–Crippen MR) is 432 cm³/mol. The summed E-state index contributed by atoms with van der Waals surface area (Å²) >= 11 is 0. The van der Waals surface area contributed by atoms with E-state index in [-0.39, 0.29) is 25.7 Å². The fourth-order valence-corrected chi connectivity index (χ4v) is 14.9. The van der Waals surface area contributed by atoms with E-state index in [0.29, 0.717) is 25.7 Å². The van der Waals surface area contributed by atoms with Crippen molar-refractivity contribution < 1.29 is 80.2 Å². The highest BCUT2D eigenvalue weighted by molar-refractivity contribution is 7.47. The zero-order chi connectivity index (χ0) is 77.2. The maximum Gasteiger partial charge on any atom is 0.472 e. The summed E-state index contributed by atoms with van der Waals surface area (Å²) in [6.07, 6.45) is 66.9. The fraction of sp³-hybridized carbons (Fsp3) is 0.953. The first-order valence-corrected chi connectivity index (χ1v) is 47.3. The monoisotopic (exact) mass is 1540 g/mol. The van der Waals surface area contributed by atoms with Gasteiger partial charge in [-0.1, -0.05) is 402 Å². The van der Waals surface area contributed by atoms with Gasteiger partial charge in [-0.3, -0.25) is 37.3 Å². The van der Waals surface area contributed by atoms with Crippen LogP contribution in [0.2, 0.25) is 0 Å². The lowest BCUT2D eigenvalue weighted by Crippen LogP contribution is -2.30. The number of carbonyl (C=O) groups excluding carboxylic acids is 4. The molecule has 0 rings (SSSR count). The molecule has 0 aliphatic heterocycles. The van der Waals surface area contributed by atoms with Gasteiger partial charge in [-0.05, 0) is 43.4 Å². The van der Waals surface area contributed by atoms with Crippen LogP contribution in [0.3, 0.4) is 0 Å². The van der Waals surface area contributed by atoms with Crippen LogP contribution in [0.25, 0.3) is 0 Å². The summed E-state index contributed by atoms with van der Waals surface area (Å²) in [6, 6.07) is 0. The number of phosphoric acid groups is 2. The first kappa shape index (κ1) is 103. The molecule has 105 heavy (non-hydrogen) atoms. The van der Waals surface area contributed by atoms with Gasteiger partial charge in [0, 0.05) is 25.7 Å². The largest absolute Gasteiger partial charge is 0.472 e. The second kappa shape index (κ2) is 76.1. The van der Waals surface area contributed by atoms with Crippen molar-refractivity contribution in [2.24, 2.45) is 17.8 Å². The molecule has 0 aromatic heterocycles. The number of hydrogen-bond donors (Lipinski definition) is 3. The molecule has 5 atom stereocenters. The summed E-state index contributed by atoms with van der Waals surface area (Å²) in [7, 11) is -9.92. The van der Waals surface area contributed by atoms with Crippen LogP contribution in [0.1, 0.15) is 453 Å². The fourth-order valence-electron chi connectivity index (χ4n) is 13.4. The van der Waals surface area contributed by atoms with E-state index in [1.54, 1.807) is 0 Å². The molecule has 17 nitrogen and oxygen atoms in total. The van der Waals surface area contributed by atoms with Gasteiger partial charge in [-0.15, -0.1) is 0 Å². The number of aliphatic hydroxyl groups is 1. The molecule has 0 aliphatic carbocycles. The van der Waals surface area contributed by atoms with Crippen molar-refractivity contribution in [3.8, 4) is 0 Å². The van der Waals surface area contributed by atoms with E-state index in [4.69, 9.17) is 37.0 Å². The molecule has 3 N–H and O–H groups in total. The van der Waals surface area contributed by atoms with Gasteiger partial charge in [-0.25, -0.2) is 9.13 Å². The van der Waals surface area contributed by atoms with E-state index in [2.05, 4.69) is 48.5 Å². The molecule has 0 fully saturated rings. The Hall–Kier alpha value is -1.94. The quantitative estimate of drug-likeness (QED) is 0.0222. The summed E-state index contributed by atoms with van der Waals surface area (Å²) < 4.78 is 68.8.